The fourth-order valence-corrected chi connectivity index (χ4v) is 13.5. The zero-order valence-electron chi connectivity index (χ0n) is 59.2. The zero-order chi connectivity index (χ0) is 68.2. The molecule has 0 aromatic carbocycles. The first kappa shape index (κ1) is 86.8. The number of carbonyl (C=O) groups is 1. The van der Waals surface area contributed by atoms with E-state index in [9.17, 15) is 61.0 Å². The summed E-state index contributed by atoms with van der Waals surface area (Å²) in [6.07, 6.45) is 39.3. The number of allylic oxidation sites excluding steroid dienone is 1. The fourth-order valence-electron chi connectivity index (χ4n) is 13.5. The maximum atomic E-state index is 13.4. The summed E-state index contributed by atoms with van der Waals surface area (Å²) in [5.41, 5.74) is 0. The summed E-state index contributed by atoms with van der Waals surface area (Å²) >= 11 is 0. The summed E-state index contributed by atoms with van der Waals surface area (Å²) in [5.74, 6) is -0.268. The van der Waals surface area contributed by atoms with E-state index in [2.05, 4.69) is 19.2 Å². The highest BCUT2D eigenvalue weighted by Crippen LogP contribution is 2.33. The van der Waals surface area contributed by atoms with Crippen LogP contribution in [0.5, 0.6) is 0 Å². The topological polar surface area (TPSA) is 307 Å². The van der Waals surface area contributed by atoms with Crippen LogP contribution in [0.1, 0.15) is 328 Å². The quantitative estimate of drug-likeness (QED) is 0.0199. The van der Waals surface area contributed by atoms with Crippen molar-refractivity contribution in [2.75, 3.05) is 26.4 Å². The summed E-state index contributed by atoms with van der Waals surface area (Å²) < 4.78 is 34.4. The highest BCUT2D eigenvalue weighted by Gasteiger charge is 2.53. The molecule has 19 nitrogen and oxygen atoms in total. The number of carbonyl (C=O) groups excluding carboxylic acids is 1. The molecule has 0 saturated carbocycles. The number of rotatable bonds is 62. The number of aliphatic hydroxyl groups excluding tert-OH is 11. The second kappa shape index (κ2) is 57.2. The molecule has 3 rings (SSSR count). The average molecular weight is 1350 g/mol. The Morgan fingerprint density at radius 2 is 0.660 bits per heavy atom. The lowest BCUT2D eigenvalue weighted by atomic mass is 9.96. The first-order valence-electron chi connectivity index (χ1n) is 38.9. The fraction of sp³-hybridized carbons (Fsp3) is 0.960. The molecule has 19 heteroatoms. The van der Waals surface area contributed by atoms with Crippen molar-refractivity contribution in [2.45, 2.75) is 433 Å². The van der Waals surface area contributed by atoms with E-state index >= 15 is 0 Å². The molecule has 0 aromatic heterocycles. The smallest absolute Gasteiger partial charge is 0.220 e. The molecule has 12 N–H and O–H groups in total. The normalized spacial score (nSPS) is 27.4. The molecule has 0 bridgehead atoms. The van der Waals surface area contributed by atoms with Crippen LogP contribution in [0.15, 0.2) is 12.2 Å². The molecule has 3 saturated heterocycles. The van der Waals surface area contributed by atoms with E-state index in [1.165, 1.54) is 257 Å². The first-order valence-corrected chi connectivity index (χ1v) is 38.9. The van der Waals surface area contributed by atoms with E-state index in [-0.39, 0.29) is 18.9 Å². The standard InChI is InChI=1S/C75H143NO18/c1-3-5-7-9-11-13-15-17-19-21-22-23-24-25-26-27-28-29-30-31-32-33-34-35-36-37-39-41-43-45-47-49-51-53-63(81)76-58(59(80)52-50-48-46-44-42-40-38-20-18-16-14-12-10-8-6-4-2)57-89-73-69(87)66(84)71(61(55-78)91-73)94-75-70(88)67(85)72(62(56-79)92-75)93-74-68(86)65(83)64(82)60(54-77)90-74/h50,52,58-62,64-75,77-80,82-88H,3-49,51,53-57H2,1-2H3,(H,76,81)/b52-50+. The lowest BCUT2D eigenvalue weighted by molar-refractivity contribution is -0.379. The lowest BCUT2D eigenvalue weighted by Gasteiger charge is -2.48. The SMILES string of the molecule is CCCCCCCCCCCCCCCC/C=C/C(O)C(COC1OC(CO)C(OC2OC(CO)C(OC3OC(CO)C(O)C(O)C3O)C(O)C2O)C(O)C1O)NC(=O)CCCCCCCCCCCCCCCCCCCCCCCCCCCCCCCCCCC. The van der Waals surface area contributed by atoms with Gasteiger partial charge in [0.2, 0.25) is 5.91 Å². The highest BCUT2D eigenvalue weighted by atomic mass is 16.8. The van der Waals surface area contributed by atoms with E-state index < -0.39 is 124 Å². The van der Waals surface area contributed by atoms with Gasteiger partial charge in [0, 0.05) is 6.42 Å². The van der Waals surface area contributed by atoms with Crippen molar-refractivity contribution >= 4 is 5.91 Å². The van der Waals surface area contributed by atoms with Crippen molar-refractivity contribution in [1.82, 2.24) is 5.32 Å². The minimum atomic E-state index is -1.98. The Bertz CT molecular complexity index is 1750. The maximum absolute atomic E-state index is 13.4. The third kappa shape index (κ3) is 37.8. The Kier molecular flexibility index (Phi) is 52.8. The molecule has 0 spiro atoms. The van der Waals surface area contributed by atoms with Crippen LogP contribution >= 0.6 is 0 Å². The van der Waals surface area contributed by atoms with Crippen LogP contribution in [0.4, 0.5) is 0 Å². The Labute approximate surface area is 569 Å². The van der Waals surface area contributed by atoms with Crippen molar-refractivity contribution in [1.29, 1.82) is 0 Å². The van der Waals surface area contributed by atoms with Gasteiger partial charge in [-0.15, -0.1) is 0 Å². The van der Waals surface area contributed by atoms with Gasteiger partial charge < -0.3 is 89.9 Å². The van der Waals surface area contributed by atoms with Crippen LogP contribution in [0.25, 0.3) is 0 Å². The Balaban J connectivity index is 1.34. The third-order valence-corrected chi connectivity index (χ3v) is 19.8. The molecular formula is C75H143NO18. The first-order chi connectivity index (χ1) is 45.8. The molecule has 0 radical (unpaired) electrons. The molecule has 3 aliphatic heterocycles. The maximum Gasteiger partial charge on any atom is 0.220 e. The van der Waals surface area contributed by atoms with Gasteiger partial charge in [-0.3, -0.25) is 4.79 Å². The van der Waals surface area contributed by atoms with Crippen molar-refractivity contribution < 1.29 is 89.4 Å². The van der Waals surface area contributed by atoms with Gasteiger partial charge in [-0.25, -0.2) is 0 Å². The monoisotopic (exact) mass is 1350 g/mol. The number of nitrogens with one attached hydrogen (secondary N) is 1. The Morgan fingerprint density at radius 1 is 0.372 bits per heavy atom. The molecule has 17 unspecified atom stereocenters. The van der Waals surface area contributed by atoms with E-state index in [0.29, 0.717) is 6.42 Å². The van der Waals surface area contributed by atoms with Gasteiger partial charge in [0.15, 0.2) is 18.9 Å². The highest BCUT2D eigenvalue weighted by molar-refractivity contribution is 5.76. The Morgan fingerprint density at radius 3 is 1.00 bits per heavy atom. The van der Waals surface area contributed by atoms with Crippen LogP contribution < -0.4 is 5.32 Å². The van der Waals surface area contributed by atoms with Gasteiger partial charge in [0.1, 0.15) is 73.2 Å². The minimum Gasteiger partial charge on any atom is -0.394 e. The van der Waals surface area contributed by atoms with Gasteiger partial charge >= 0.3 is 0 Å². The molecule has 3 heterocycles. The summed E-state index contributed by atoms with van der Waals surface area (Å²) in [6.45, 7) is 1.78. The predicted octanol–water partition coefficient (Wildman–Crippen LogP) is 12.0. The third-order valence-electron chi connectivity index (χ3n) is 19.8. The lowest BCUT2D eigenvalue weighted by Crippen LogP contribution is -2.66. The van der Waals surface area contributed by atoms with Gasteiger partial charge in [-0.2, -0.15) is 0 Å². The van der Waals surface area contributed by atoms with E-state index in [4.69, 9.17) is 28.4 Å². The molecule has 0 aromatic rings. The molecule has 0 aliphatic carbocycles. The number of hydrogen-bond acceptors (Lipinski definition) is 18. The van der Waals surface area contributed by atoms with E-state index in [1.54, 1.807) is 6.08 Å². The predicted molar refractivity (Wildman–Crippen MR) is 370 cm³/mol. The van der Waals surface area contributed by atoms with Gasteiger partial charge in [-0.1, -0.05) is 315 Å². The number of ether oxygens (including phenoxy) is 6. The van der Waals surface area contributed by atoms with Crippen LogP contribution in [0.3, 0.4) is 0 Å². The second-order valence-electron chi connectivity index (χ2n) is 28.2. The number of unbranched alkanes of at least 4 members (excludes halogenated alkanes) is 46. The largest absolute Gasteiger partial charge is 0.394 e. The van der Waals surface area contributed by atoms with E-state index in [1.807, 2.05) is 6.08 Å². The Hall–Kier alpha value is -1.47. The average Bonchev–Trinajstić information content (AvgIpc) is 0.787. The van der Waals surface area contributed by atoms with Crippen LogP contribution in [-0.4, -0.2) is 193 Å². The summed E-state index contributed by atoms with van der Waals surface area (Å²) in [7, 11) is 0. The van der Waals surface area contributed by atoms with Crippen LogP contribution in [0.2, 0.25) is 0 Å². The number of amides is 1. The molecule has 3 aliphatic rings. The van der Waals surface area contributed by atoms with Crippen molar-refractivity contribution in [3.05, 3.63) is 12.2 Å². The molecular weight excluding hydrogens is 1200 g/mol. The molecule has 3 fully saturated rings. The van der Waals surface area contributed by atoms with Crippen molar-refractivity contribution in [2.24, 2.45) is 0 Å². The van der Waals surface area contributed by atoms with Gasteiger partial charge in [-0.05, 0) is 19.3 Å². The zero-order valence-corrected chi connectivity index (χ0v) is 59.2. The second-order valence-corrected chi connectivity index (χ2v) is 28.2. The number of hydrogen-bond donors (Lipinski definition) is 12. The van der Waals surface area contributed by atoms with Gasteiger partial charge in [0.05, 0.1) is 38.6 Å². The van der Waals surface area contributed by atoms with Gasteiger partial charge in [0.25, 0.3) is 0 Å². The number of aliphatic hydroxyl groups is 11. The molecule has 1 amide bonds. The van der Waals surface area contributed by atoms with Crippen LogP contribution in [-0.2, 0) is 33.2 Å². The van der Waals surface area contributed by atoms with Crippen LogP contribution in [0, 0.1) is 0 Å². The summed E-state index contributed by atoms with van der Waals surface area (Å²) in [5, 5.41) is 121. The summed E-state index contributed by atoms with van der Waals surface area (Å²) in [6, 6.07) is -0.969. The molecule has 556 valence electrons. The molecule has 94 heavy (non-hydrogen) atoms. The summed E-state index contributed by atoms with van der Waals surface area (Å²) in [4.78, 5) is 13.4. The minimum absolute atomic E-state index is 0.250. The van der Waals surface area contributed by atoms with E-state index in [0.717, 1.165) is 44.9 Å². The van der Waals surface area contributed by atoms with Crippen molar-refractivity contribution in [3.8, 4) is 0 Å². The van der Waals surface area contributed by atoms with Crippen molar-refractivity contribution in [3.63, 3.8) is 0 Å². The molecule has 17 atom stereocenters.